The Labute approximate surface area is 115 Å². The summed E-state index contributed by atoms with van der Waals surface area (Å²) >= 11 is 0. The third-order valence-electron chi connectivity index (χ3n) is 3.74. The molecule has 0 unspecified atom stereocenters. The van der Waals surface area contributed by atoms with Gasteiger partial charge in [0, 0.05) is 38.4 Å². The smallest absolute Gasteiger partial charge is 0.275 e. The fourth-order valence-corrected chi connectivity index (χ4v) is 2.56. The number of carbonyl (C=O) groups excluding carboxylic acids is 1. The molecule has 106 valence electrons. The monoisotopic (exact) mass is 279 g/mol. The Balaban J connectivity index is 1.90. The molecule has 0 bridgehead atoms. The molecule has 2 heterocycles. The van der Waals surface area contributed by atoms with Crippen LogP contribution in [0, 0.1) is 0 Å². The summed E-state index contributed by atoms with van der Waals surface area (Å²) in [4.78, 5) is 13.9. The molecule has 1 fully saturated rings. The fraction of sp³-hybridized carbons (Fsp3) is 0.429. The van der Waals surface area contributed by atoms with Gasteiger partial charge in [-0.25, -0.2) is 8.78 Å². The lowest BCUT2D eigenvalue weighted by molar-refractivity contribution is -0.0494. The Kier molecular flexibility index (Phi) is 2.96. The number of aromatic nitrogens is 2. The average molecular weight is 279 g/mol. The summed E-state index contributed by atoms with van der Waals surface area (Å²) in [6.07, 6.45) is -0.549. The van der Waals surface area contributed by atoms with Crippen molar-refractivity contribution in [3.05, 3.63) is 30.0 Å². The van der Waals surface area contributed by atoms with E-state index in [0.717, 1.165) is 10.9 Å². The van der Waals surface area contributed by atoms with Crippen LogP contribution in [-0.4, -0.2) is 39.6 Å². The van der Waals surface area contributed by atoms with Gasteiger partial charge in [-0.3, -0.25) is 9.48 Å². The molecule has 1 aromatic carbocycles. The van der Waals surface area contributed by atoms with E-state index in [4.69, 9.17) is 0 Å². The van der Waals surface area contributed by atoms with E-state index in [2.05, 4.69) is 5.10 Å². The van der Waals surface area contributed by atoms with Crippen molar-refractivity contribution in [3.8, 4) is 0 Å². The molecule has 0 N–H and O–H groups in total. The molecule has 3 rings (SSSR count). The number of piperidine rings is 1. The molecule has 0 spiro atoms. The Bertz CT molecular complexity index is 655. The van der Waals surface area contributed by atoms with Crippen molar-refractivity contribution < 1.29 is 13.6 Å². The third-order valence-corrected chi connectivity index (χ3v) is 3.74. The average Bonchev–Trinajstić information content (AvgIpc) is 2.76. The molecule has 4 nitrogen and oxygen atoms in total. The highest BCUT2D eigenvalue weighted by molar-refractivity contribution is 6.04. The first kappa shape index (κ1) is 13.0. The number of nitrogens with zero attached hydrogens (tertiary/aromatic N) is 3. The van der Waals surface area contributed by atoms with Crippen LogP contribution < -0.4 is 0 Å². The molecule has 0 saturated carbocycles. The van der Waals surface area contributed by atoms with Crippen LogP contribution in [-0.2, 0) is 7.05 Å². The molecular formula is C14H15F2N3O. The van der Waals surface area contributed by atoms with Crippen LogP contribution in [0.1, 0.15) is 23.3 Å². The van der Waals surface area contributed by atoms with E-state index in [1.54, 1.807) is 11.7 Å². The molecule has 1 saturated heterocycles. The van der Waals surface area contributed by atoms with Gasteiger partial charge in [0.25, 0.3) is 11.8 Å². The van der Waals surface area contributed by atoms with Gasteiger partial charge < -0.3 is 4.90 Å². The lowest BCUT2D eigenvalue weighted by Crippen LogP contribution is -2.42. The zero-order chi connectivity index (χ0) is 14.3. The minimum atomic E-state index is -2.65. The minimum absolute atomic E-state index is 0.0801. The van der Waals surface area contributed by atoms with E-state index in [1.165, 1.54) is 4.90 Å². The number of hydrogen-bond acceptors (Lipinski definition) is 2. The number of fused-ring (bicyclic) bond motifs is 1. The van der Waals surface area contributed by atoms with Gasteiger partial charge >= 0.3 is 0 Å². The zero-order valence-corrected chi connectivity index (χ0v) is 11.1. The first-order valence-corrected chi connectivity index (χ1v) is 6.57. The van der Waals surface area contributed by atoms with Crippen molar-refractivity contribution in [2.75, 3.05) is 13.1 Å². The predicted molar refractivity (Wildman–Crippen MR) is 70.8 cm³/mol. The standard InChI is InChI=1S/C14H15F2N3O/c1-18-11-5-3-2-4-10(11)12(17-18)13(20)19-8-6-14(15,16)7-9-19/h2-5H,6-9H2,1H3. The van der Waals surface area contributed by atoms with E-state index in [1.807, 2.05) is 24.3 Å². The fourth-order valence-electron chi connectivity index (χ4n) is 2.56. The highest BCUT2D eigenvalue weighted by Crippen LogP contribution is 2.29. The van der Waals surface area contributed by atoms with Crippen molar-refractivity contribution in [2.24, 2.45) is 7.05 Å². The van der Waals surface area contributed by atoms with Gasteiger partial charge in [-0.05, 0) is 6.07 Å². The summed E-state index contributed by atoms with van der Waals surface area (Å²) in [6.45, 7) is 0.160. The number of rotatable bonds is 1. The van der Waals surface area contributed by atoms with E-state index in [9.17, 15) is 13.6 Å². The third kappa shape index (κ3) is 2.15. The largest absolute Gasteiger partial charge is 0.337 e. The summed E-state index contributed by atoms with van der Waals surface area (Å²) in [5.74, 6) is -2.92. The Morgan fingerprint density at radius 1 is 1.25 bits per heavy atom. The van der Waals surface area contributed by atoms with Crippen LogP contribution in [0.2, 0.25) is 0 Å². The number of alkyl halides is 2. The molecule has 20 heavy (non-hydrogen) atoms. The number of likely N-dealkylation sites (tertiary alicyclic amines) is 1. The van der Waals surface area contributed by atoms with Gasteiger partial charge in [-0.1, -0.05) is 18.2 Å². The van der Waals surface area contributed by atoms with Crippen molar-refractivity contribution in [1.29, 1.82) is 0 Å². The summed E-state index contributed by atoms with van der Waals surface area (Å²) in [7, 11) is 1.77. The highest BCUT2D eigenvalue weighted by atomic mass is 19.3. The molecular weight excluding hydrogens is 264 g/mol. The van der Waals surface area contributed by atoms with Crippen molar-refractivity contribution >= 4 is 16.8 Å². The number of carbonyl (C=O) groups is 1. The Hall–Kier alpha value is -1.98. The zero-order valence-electron chi connectivity index (χ0n) is 11.1. The van der Waals surface area contributed by atoms with Crippen molar-refractivity contribution in [2.45, 2.75) is 18.8 Å². The lowest BCUT2D eigenvalue weighted by atomic mass is 10.1. The molecule has 2 aromatic rings. The summed E-state index contributed by atoms with van der Waals surface area (Å²) in [5, 5.41) is 5.00. The van der Waals surface area contributed by atoms with E-state index in [-0.39, 0.29) is 31.8 Å². The maximum absolute atomic E-state index is 13.1. The van der Waals surface area contributed by atoms with Crippen molar-refractivity contribution in [1.82, 2.24) is 14.7 Å². The predicted octanol–water partition coefficient (Wildman–Crippen LogP) is 2.44. The molecule has 0 aliphatic carbocycles. The summed E-state index contributed by atoms with van der Waals surface area (Å²) < 4.78 is 27.9. The van der Waals surface area contributed by atoms with Gasteiger partial charge in [0.1, 0.15) is 0 Å². The van der Waals surface area contributed by atoms with E-state index in [0.29, 0.717) is 5.69 Å². The number of benzene rings is 1. The van der Waals surface area contributed by atoms with Crippen LogP contribution in [0.25, 0.3) is 10.9 Å². The topological polar surface area (TPSA) is 38.1 Å². The highest BCUT2D eigenvalue weighted by Gasteiger charge is 2.36. The second-order valence-corrected chi connectivity index (χ2v) is 5.14. The molecule has 1 amide bonds. The quantitative estimate of drug-likeness (QED) is 0.804. The minimum Gasteiger partial charge on any atom is -0.337 e. The Morgan fingerprint density at radius 2 is 1.90 bits per heavy atom. The van der Waals surface area contributed by atoms with Crippen LogP contribution in [0.3, 0.4) is 0 Å². The summed E-state index contributed by atoms with van der Waals surface area (Å²) in [5.41, 5.74) is 1.20. The first-order valence-electron chi connectivity index (χ1n) is 6.57. The van der Waals surface area contributed by atoms with Gasteiger partial charge in [-0.2, -0.15) is 5.10 Å². The number of halogens is 2. The molecule has 1 aliphatic rings. The van der Waals surface area contributed by atoms with E-state index < -0.39 is 5.92 Å². The molecule has 0 atom stereocenters. The van der Waals surface area contributed by atoms with Gasteiger partial charge in [0.15, 0.2) is 5.69 Å². The number of amides is 1. The van der Waals surface area contributed by atoms with Crippen LogP contribution >= 0.6 is 0 Å². The van der Waals surface area contributed by atoms with E-state index >= 15 is 0 Å². The molecule has 6 heteroatoms. The second-order valence-electron chi connectivity index (χ2n) is 5.14. The normalized spacial score (nSPS) is 18.4. The number of hydrogen-bond donors (Lipinski definition) is 0. The SMILES string of the molecule is Cn1nc(C(=O)N2CCC(F)(F)CC2)c2ccccc21. The number of para-hydroxylation sites is 1. The number of aryl methyl sites for hydroxylation is 1. The molecule has 1 aromatic heterocycles. The maximum Gasteiger partial charge on any atom is 0.275 e. The Morgan fingerprint density at radius 3 is 2.60 bits per heavy atom. The van der Waals surface area contributed by atoms with Gasteiger partial charge in [0.2, 0.25) is 0 Å². The first-order chi connectivity index (χ1) is 9.48. The van der Waals surface area contributed by atoms with Gasteiger partial charge in [0.05, 0.1) is 5.52 Å². The van der Waals surface area contributed by atoms with Crippen LogP contribution in [0.15, 0.2) is 24.3 Å². The van der Waals surface area contributed by atoms with Crippen LogP contribution in [0.5, 0.6) is 0 Å². The van der Waals surface area contributed by atoms with Crippen LogP contribution in [0.4, 0.5) is 8.78 Å². The van der Waals surface area contributed by atoms with Crippen molar-refractivity contribution in [3.63, 3.8) is 0 Å². The maximum atomic E-state index is 13.1. The van der Waals surface area contributed by atoms with Gasteiger partial charge in [-0.15, -0.1) is 0 Å². The summed E-state index contributed by atoms with van der Waals surface area (Å²) in [6, 6.07) is 7.42. The molecule has 1 aliphatic heterocycles. The lowest BCUT2D eigenvalue weighted by Gasteiger charge is -2.31. The second kappa shape index (κ2) is 4.54. The molecule has 0 radical (unpaired) electrons.